The number of aryl methyl sites for hydroxylation is 1. The number of nitrogens with zero attached hydrogens (tertiary/aromatic N) is 2. The summed E-state index contributed by atoms with van der Waals surface area (Å²) in [5, 5.41) is 7.00. The van der Waals surface area contributed by atoms with E-state index in [1.54, 1.807) is 6.20 Å². The summed E-state index contributed by atoms with van der Waals surface area (Å²) in [7, 11) is 0. The molecule has 3 N–H and O–H groups in total. The van der Waals surface area contributed by atoms with Crippen molar-refractivity contribution in [1.82, 2.24) is 15.2 Å². The predicted octanol–water partition coefficient (Wildman–Crippen LogP) is 0.725. The van der Waals surface area contributed by atoms with Crippen LogP contribution in [0, 0.1) is 6.92 Å². The Hall–Kier alpha value is -1.42. The quantitative estimate of drug-likeness (QED) is 0.649. The summed E-state index contributed by atoms with van der Waals surface area (Å²) in [6, 6.07) is 1.89. The van der Waals surface area contributed by atoms with Gasteiger partial charge in [-0.3, -0.25) is 10.1 Å². The molecule has 2 heterocycles. The molecule has 0 amide bonds. The van der Waals surface area contributed by atoms with Gasteiger partial charge in [0, 0.05) is 12.7 Å². The molecule has 0 atom stereocenters. The summed E-state index contributed by atoms with van der Waals surface area (Å²) in [4.78, 5) is 4.20. The highest BCUT2D eigenvalue weighted by atomic mass is 15.1. The number of hydrogen-bond donors (Lipinski definition) is 2. The molecule has 0 unspecified atom stereocenters. The van der Waals surface area contributed by atoms with Gasteiger partial charge in [0.2, 0.25) is 0 Å². The lowest BCUT2D eigenvalue weighted by molar-refractivity contribution is 1.04. The van der Waals surface area contributed by atoms with Crippen molar-refractivity contribution in [2.24, 2.45) is 5.73 Å². The summed E-state index contributed by atoms with van der Waals surface area (Å²) in [5.74, 6) is 0. The molecule has 2 aromatic heterocycles. The molecule has 62 valence electrons. The first kappa shape index (κ1) is 7.24. The Morgan fingerprint density at radius 3 is 3.08 bits per heavy atom. The average molecular weight is 162 g/mol. The molecule has 0 saturated carbocycles. The Kier molecular flexibility index (Phi) is 1.55. The first-order chi connectivity index (χ1) is 5.83. The van der Waals surface area contributed by atoms with E-state index in [0.29, 0.717) is 6.54 Å². The number of aromatic amines is 1. The van der Waals surface area contributed by atoms with Crippen LogP contribution in [0.1, 0.15) is 11.3 Å². The maximum absolute atomic E-state index is 5.54. The van der Waals surface area contributed by atoms with E-state index in [2.05, 4.69) is 15.2 Å². The molecule has 0 aromatic carbocycles. The zero-order chi connectivity index (χ0) is 8.55. The van der Waals surface area contributed by atoms with Crippen LogP contribution in [0.2, 0.25) is 0 Å². The van der Waals surface area contributed by atoms with Crippen molar-refractivity contribution >= 4 is 11.0 Å². The SMILES string of the molecule is Cc1[nH]nc2c(CN)ccnc12. The number of nitrogens with one attached hydrogen (secondary N) is 1. The highest BCUT2D eigenvalue weighted by Gasteiger charge is 2.05. The molecule has 2 aromatic rings. The van der Waals surface area contributed by atoms with Gasteiger partial charge in [-0.05, 0) is 18.6 Å². The molecule has 0 saturated heterocycles. The fraction of sp³-hybridized carbons (Fsp3) is 0.250. The lowest BCUT2D eigenvalue weighted by Crippen LogP contribution is -1.97. The average Bonchev–Trinajstić information content (AvgIpc) is 2.48. The summed E-state index contributed by atoms with van der Waals surface area (Å²) < 4.78 is 0. The smallest absolute Gasteiger partial charge is 0.115 e. The van der Waals surface area contributed by atoms with Crippen molar-refractivity contribution < 1.29 is 0 Å². The maximum Gasteiger partial charge on any atom is 0.115 e. The van der Waals surface area contributed by atoms with E-state index in [0.717, 1.165) is 22.3 Å². The standard InChI is InChI=1S/C8H10N4/c1-5-7-8(12-11-5)6(4-9)2-3-10-7/h2-3H,4,9H2,1H3,(H,11,12). The summed E-state index contributed by atoms with van der Waals surface area (Å²) >= 11 is 0. The molecule has 12 heavy (non-hydrogen) atoms. The van der Waals surface area contributed by atoms with Crippen molar-refractivity contribution in [3.05, 3.63) is 23.5 Å². The minimum atomic E-state index is 0.503. The van der Waals surface area contributed by atoms with E-state index in [1.807, 2.05) is 13.0 Å². The van der Waals surface area contributed by atoms with Gasteiger partial charge in [-0.15, -0.1) is 0 Å². The second-order valence-electron chi connectivity index (χ2n) is 2.72. The number of pyridine rings is 1. The summed E-state index contributed by atoms with van der Waals surface area (Å²) in [6.07, 6.45) is 1.76. The predicted molar refractivity (Wildman–Crippen MR) is 46.5 cm³/mol. The van der Waals surface area contributed by atoms with Crippen molar-refractivity contribution in [2.75, 3.05) is 0 Å². The van der Waals surface area contributed by atoms with Crippen LogP contribution in [0.3, 0.4) is 0 Å². The van der Waals surface area contributed by atoms with Crippen LogP contribution in [-0.4, -0.2) is 15.2 Å². The molecular formula is C8H10N4. The Labute approximate surface area is 69.8 Å². The van der Waals surface area contributed by atoms with E-state index < -0.39 is 0 Å². The molecule has 0 fully saturated rings. The van der Waals surface area contributed by atoms with Crippen LogP contribution in [0.15, 0.2) is 12.3 Å². The monoisotopic (exact) mass is 162 g/mol. The van der Waals surface area contributed by atoms with Gasteiger partial charge in [0.25, 0.3) is 0 Å². The lowest BCUT2D eigenvalue weighted by Gasteiger charge is -1.95. The number of hydrogen-bond acceptors (Lipinski definition) is 3. The molecule has 4 heteroatoms. The van der Waals surface area contributed by atoms with Crippen molar-refractivity contribution in [2.45, 2.75) is 13.5 Å². The van der Waals surface area contributed by atoms with Gasteiger partial charge in [-0.2, -0.15) is 5.10 Å². The molecule has 0 aliphatic heterocycles. The lowest BCUT2D eigenvalue weighted by atomic mass is 10.2. The molecule has 4 nitrogen and oxygen atoms in total. The highest BCUT2D eigenvalue weighted by Crippen LogP contribution is 2.15. The zero-order valence-corrected chi connectivity index (χ0v) is 6.83. The van der Waals surface area contributed by atoms with Gasteiger partial charge in [-0.25, -0.2) is 0 Å². The van der Waals surface area contributed by atoms with E-state index in [9.17, 15) is 0 Å². The van der Waals surface area contributed by atoms with Crippen LogP contribution in [0.5, 0.6) is 0 Å². The molecule has 0 spiro atoms. The summed E-state index contributed by atoms with van der Waals surface area (Å²) in [6.45, 7) is 2.45. The van der Waals surface area contributed by atoms with Crippen LogP contribution in [-0.2, 0) is 6.54 Å². The Bertz CT molecular complexity index is 404. The summed E-state index contributed by atoms with van der Waals surface area (Å²) in [5.41, 5.74) is 9.36. The second-order valence-corrected chi connectivity index (χ2v) is 2.72. The first-order valence-corrected chi connectivity index (χ1v) is 3.81. The number of fused-ring (bicyclic) bond motifs is 1. The van der Waals surface area contributed by atoms with Crippen LogP contribution >= 0.6 is 0 Å². The largest absolute Gasteiger partial charge is 0.326 e. The Morgan fingerprint density at radius 2 is 2.33 bits per heavy atom. The van der Waals surface area contributed by atoms with Crippen molar-refractivity contribution in [3.8, 4) is 0 Å². The molecular weight excluding hydrogens is 152 g/mol. The van der Waals surface area contributed by atoms with Gasteiger partial charge in [0.1, 0.15) is 11.0 Å². The first-order valence-electron chi connectivity index (χ1n) is 3.81. The third kappa shape index (κ3) is 0.887. The van der Waals surface area contributed by atoms with Crippen molar-refractivity contribution in [1.29, 1.82) is 0 Å². The Morgan fingerprint density at radius 1 is 1.50 bits per heavy atom. The van der Waals surface area contributed by atoms with Crippen molar-refractivity contribution in [3.63, 3.8) is 0 Å². The molecule has 0 radical (unpaired) electrons. The van der Waals surface area contributed by atoms with E-state index in [-0.39, 0.29) is 0 Å². The molecule has 2 rings (SSSR count). The Balaban J connectivity index is 2.81. The van der Waals surface area contributed by atoms with E-state index in [4.69, 9.17) is 5.73 Å². The van der Waals surface area contributed by atoms with Gasteiger partial charge in [0.15, 0.2) is 0 Å². The van der Waals surface area contributed by atoms with Gasteiger partial charge >= 0.3 is 0 Å². The number of nitrogens with two attached hydrogens (primary N) is 1. The second kappa shape index (κ2) is 2.57. The zero-order valence-electron chi connectivity index (χ0n) is 6.83. The van der Waals surface area contributed by atoms with E-state index in [1.165, 1.54) is 0 Å². The van der Waals surface area contributed by atoms with Gasteiger partial charge in [0.05, 0.1) is 5.69 Å². The normalized spacial score (nSPS) is 10.8. The van der Waals surface area contributed by atoms with Gasteiger partial charge in [-0.1, -0.05) is 0 Å². The minimum absolute atomic E-state index is 0.503. The van der Waals surface area contributed by atoms with E-state index >= 15 is 0 Å². The van der Waals surface area contributed by atoms with Crippen LogP contribution in [0.25, 0.3) is 11.0 Å². The maximum atomic E-state index is 5.54. The van der Waals surface area contributed by atoms with Crippen LogP contribution < -0.4 is 5.73 Å². The molecule has 0 bridgehead atoms. The van der Waals surface area contributed by atoms with Gasteiger partial charge < -0.3 is 5.73 Å². The van der Waals surface area contributed by atoms with Crippen LogP contribution in [0.4, 0.5) is 0 Å². The minimum Gasteiger partial charge on any atom is -0.326 e. The number of rotatable bonds is 1. The number of H-pyrrole nitrogens is 1. The third-order valence-corrected chi connectivity index (χ3v) is 1.92. The fourth-order valence-electron chi connectivity index (χ4n) is 1.25. The molecule has 0 aliphatic rings. The third-order valence-electron chi connectivity index (χ3n) is 1.92. The number of aromatic nitrogens is 3. The topological polar surface area (TPSA) is 67.6 Å². The molecule has 0 aliphatic carbocycles. The fourth-order valence-corrected chi connectivity index (χ4v) is 1.25. The highest BCUT2D eigenvalue weighted by molar-refractivity contribution is 5.79.